The minimum Gasteiger partial charge on any atom is -0.309 e. The normalized spacial score (nSPS) is 12.2. The molecule has 0 fully saturated rings. The van der Waals surface area contributed by atoms with E-state index >= 15 is 0 Å². The van der Waals surface area contributed by atoms with Crippen LogP contribution in [0.4, 0.5) is 0 Å². The summed E-state index contributed by atoms with van der Waals surface area (Å²) >= 11 is 1.82. The second kappa shape index (κ2) is 16.3. The van der Waals surface area contributed by atoms with Crippen molar-refractivity contribution in [3.05, 3.63) is 255 Å². The fraction of sp³-hybridized carbons (Fsp3) is 0. The standard InChI is InChI=1S/C64H42N4S2/c1-4-18-46(19-5-1)70(47-20-6-2-7-21-47,48-22-8-3-9-23-48)49-36-32-43(33-37-49)56-42-63(66-64(65-56)44-34-38-54-53-27-13-17-31-61(53)69-62(54)40-44)68-59-30-16-12-26-52(59)55-41-45(35-39-60(55)68)67-57-28-14-10-24-50(57)51-25-11-15-29-58(51)67/h1-42H. The van der Waals surface area contributed by atoms with Crippen molar-refractivity contribution in [1.29, 1.82) is 0 Å². The van der Waals surface area contributed by atoms with E-state index in [0.717, 1.165) is 44.7 Å². The third kappa shape index (κ3) is 6.31. The first-order valence-electron chi connectivity index (χ1n) is 23.6. The molecule has 0 amide bonds. The predicted octanol–water partition coefficient (Wildman–Crippen LogP) is 17.7. The van der Waals surface area contributed by atoms with E-state index in [1.54, 1.807) is 0 Å². The molecule has 4 aromatic heterocycles. The van der Waals surface area contributed by atoms with E-state index in [1.165, 1.54) is 66.9 Å². The van der Waals surface area contributed by atoms with Crippen molar-refractivity contribution in [2.75, 3.05) is 0 Å². The third-order valence-electron chi connectivity index (χ3n) is 13.9. The summed E-state index contributed by atoms with van der Waals surface area (Å²) in [4.78, 5) is 16.1. The van der Waals surface area contributed by atoms with E-state index < -0.39 is 10.0 Å². The molecule has 0 bridgehead atoms. The van der Waals surface area contributed by atoms with Crippen molar-refractivity contribution >= 4 is 85.1 Å². The highest BCUT2D eigenvalue weighted by Crippen LogP contribution is 2.73. The summed E-state index contributed by atoms with van der Waals surface area (Å²) in [6, 6.07) is 92.8. The molecule has 330 valence electrons. The number of benzene rings is 10. The Morgan fingerprint density at radius 3 is 1.40 bits per heavy atom. The average molecular weight is 931 g/mol. The topological polar surface area (TPSA) is 35.6 Å². The van der Waals surface area contributed by atoms with Gasteiger partial charge in [0.1, 0.15) is 5.82 Å². The first-order valence-corrected chi connectivity index (χ1v) is 26.1. The zero-order valence-electron chi connectivity index (χ0n) is 37.9. The van der Waals surface area contributed by atoms with Gasteiger partial charge < -0.3 is 4.57 Å². The maximum Gasteiger partial charge on any atom is 0.162 e. The monoisotopic (exact) mass is 930 g/mol. The van der Waals surface area contributed by atoms with Crippen LogP contribution in [-0.4, -0.2) is 19.1 Å². The number of thiophene rings is 1. The van der Waals surface area contributed by atoms with Crippen molar-refractivity contribution in [1.82, 2.24) is 19.1 Å². The molecule has 70 heavy (non-hydrogen) atoms. The van der Waals surface area contributed by atoms with Crippen molar-refractivity contribution in [3.8, 4) is 34.2 Å². The number of hydrogen-bond donors (Lipinski definition) is 0. The highest BCUT2D eigenvalue weighted by atomic mass is 32.3. The van der Waals surface area contributed by atoms with E-state index in [2.05, 4.69) is 264 Å². The molecule has 0 unspecified atom stereocenters. The average Bonchev–Trinajstić information content (AvgIpc) is 4.09. The number of fused-ring (bicyclic) bond motifs is 9. The summed E-state index contributed by atoms with van der Waals surface area (Å²) in [7, 11) is -1.87. The Labute approximate surface area is 410 Å². The molecule has 0 aliphatic heterocycles. The number of nitrogens with zero attached hydrogens (tertiary/aromatic N) is 4. The highest BCUT2D eigenvalue weighted by molar-refractivity contribution is 8.34. The molecule has 0 spiro atoms. The molecule has 0 radical (unpaired) electrons. The molecule has 0 N–H and O–H groups in total. The van der Waals surface area contributed by atoms with Gasteiger partial charge in [0.05, 0.1) is 27.8 Å². The summed E-state index contributed by atoms with van der Waals surface area (Å²) in [6.07, 6.45) is 0. The fourth-order valence-electron chi connectivity index (χ4n) is 10.8. The summed E-state index contributed by atoms with van der Waals surface area (Å²) in [5.41, 5.74) is 8.52. The van der Waals surface area contributed by atoms with Crippen LogP contribution >= 0.6 is 21.4 Å². The Hall–Kier alpha value is -8.55. The maximum absolute atomic E-state index is 5.52. The van der Waals surface area contributed by atoms with Gasteiger partial charge in [-0.15, -0.1) is 21.4 Å². The lowest BCUT2D eigenvalue weighted by atomic mass is 10.1. The van der Waals surface area contributed by atoms with E-state index in [0.29, 0.717) is 5.82 Å². The van der Waals surface area contributed by atoms with Crippen LogP contribution in [0, 0.1) is 0 Å². The molecular formula is C64H42N4S2. The Morgan fingerprint density at radius 2 is 0.786 bits per heavy atom. The molecular weight excluding hydrogens is 889 g/mol. The zero-order valence-corrected chi connectivity index (χ0v) is 39.5. The van der Waals surface area contributed by atoms with Crippen LogP contribution in [0.15, 0.2) is 274 Å². The molecule has 14 rings (SSSR count). The lowest BCUT2D eigenvalue weighted by Gasteiger charge is -2.42. The summed E-state index contributed by atoms with van der Waals surface area (Å²) in [5, 5.41) is 7.34. The molecule has 4 nitrogen and oxygen atoms in total. The predicted molar refractivity (Wildman–Crippen MR) is 294 cm³/mol. The van der Waals surface area contributed by atoms with Gasteiger partial charge in [-0.3, -0.25) is 4.57 Å². The zero-order chi connectivity index (χ0) is 46.2. The first-order chi connectivity index (χ1) is 34.7. The Bertz CT molecular complexity index is 4140. The third-order valence-corrected chi connectivity index (χ3v) is 18.9. The van der Waals surface area contributed by atoms with E-state index in [9.17, 15) is 0 Å². The SMILES string of the molecule is c1ccc(S(c2ccccc2)(c2ccccc2)c2ccc(-c3cc(-n4c5ccccc5c5cc(-n6c7ccccc7c7ccccc76)ccc54)nc(-c4ccc5c(c4)sc4ccccc45)n3)cc2)cc1. The van der Waals surface area contributed by atoms with Crippen molar-refractivity contribution in [3.63, 3.8) is 0 Å². The highest BCUT2D eigenvalue weighted by Gasteiger charge is 2.33. The Kier molecular flexibility index (Phi) is 9.44. The first kappa shape index (κ1) is 40.5. The van der Waals surface area contributed by atoms with E-state index in [-0.39, 0.29) is 0 Å². The van der Waals surface area contributed by atoms with Gasteiger partial charge in [0, 0.05) is 84.2 Å². The molecule has 0 aliphatic carbocycles. The van der Waals surface area contributed by atoms with Crippen molar-refractivity contribution in [2.24, 2.45) is 0 Å². The lowest BCUT2D eigenvalue weighted by Crippen LogP contribution is -2.05. The summed E-state index contributed by atoms with van der Waals surface area (Å²) in [5.74, 6) is 1.50. The Morgan fingerprint density at radius 1 is 0.314 bits per heavy atom. The molecule has 0 saturated heterocycles. The largest absolute Gasteiger partial charge is 0.309 e. The number of rotatable bonds is 8. The van der Waals surface area contributed by atoms with Crippen LogP contribution in [0.2, 0.25) is 0 Å². The van der Waals surface area contributed by atoms with E-state index in [4.69, 9.17) is 9.97 Å². The van der Waals surface area contributed by atoms with Crippen LogP contribution in [0.1, 0.15) is 0 Å². The lowest BCUT2D eigenvalue weighted by molar-refractivity contribution is 1.05. The van der Waals surface area contributed by atoms with Gasteiger partial charge >= 0.3 is 0 Å². The second-order valence-electron chi connectivity index (χ2n) is 17.7. The number of hydrogen-bond acceptors (Lipinski definition) is 3. The van der Waals surface area contributed by atoms with Gasteiger partial charge in [0.25, 0.3) is 0 Å². The van der Waals surface area contributed by atoms with Crippen LogP contribution in [-0.2, 0) is 0 Å². The van der Waals surface area contributed by atoms with Crippen LogP contribution in [0.5, 0.6) is 0 Å². The quantitative estimate of drug-likeness (QED) is 0.152. The molecule has 0 atom stereocenters. The van der Waals surface area contributed by atoms with Gasteiger partial charge in [-0.05, 0) is 97.1 Å². The fourth-order valence-corrected chi connectivity index (χ4v) is 15.8. The van der Waals surface area contributed by atoms with E-state index in [1.807, 2.05) is 11.3 Å². The van der Waals surface area contributed by atoms with Gasteiger partial charge in [-0.25, -0.2) is 9.97 Å². The molecule has 14 aromatic rings. The number of para-hydroxylation sites is 3. The van der Waals surface area contributed by atoms with Crippen molar-refractivity contribution < 1.29 is 0 Å². The van der Waals surface area contributed by atoms with Crippen LogP contribution in [0.3, 0.4) is 0 Å². The van der Waals surface area contributed by atoms with Crippen LogP contribution < -0.4 is 0 Å². The molecule has 0 saturated carbocycles. The minimum atomic E-state index is -1.87. The smallest absolute Gasteiger partial charge is 0.162 e. The molecule has 6 heteroatoms. The van der Waals surface area contributed by atoms with Gasteiger partial charge in [0.2, 0.25) is 0 Å². The van der Waals surface area contributed by atoms with Gasteiger partial charge in [-0.1, -0.05) is 152 Å². The Balaban J connectivity index is 0.981. The second-order valence-corrected chi connectivity index (χ2v) is 21.9. The van der Waals surface area contributed by atoms with Gasteiger partial charge in [-0.2, -0.15) is 0 Å². The number of aromatic nitrogens is 4. The van der Waals surface area contributed by atoms with Crippen LogP contribution in [0.25, 0.3) is 97.9 Å². The minimum absolute atomic E-state index is 0.682. The maximum atomic E-state index is 5.52. The molecule has 4 heterocycles. The van der Waals surface area contributed by atoms with Gasteiger partial charge in [0.15, 0.2) is 5.82 Å². The molecule has 10 aromatic carbocycles. The summed E-state index contributed by atoms with van der Waals surface area (Å²) < 4.78 is 7.22. The summed E-state index contributed by atoms with van der Waals surface area (Å²) in [6.45, 7) is 0. The van der Waals surface area contributed by atoms with Crippen molar-refractivity contribution in [2.45, 2.75) is 19.6 Å². The molecule has 0 aliphatic rings.